The number of nitrogens with zero attached hydrogens (tertiary/aromatic N) is 4. The van der Waals surface area contributed by atoms with Crippen molar-refractivity contribution in [2.45, 2.75) is 25.3 Å². The van der Waals surface area contributed by atoms with E-state index in [1.165, 1.54) is 41.0 Å². The van der Waals surface area contributed by atoms with Crippen LogP contribution in [-0.2, 0) is 16.6 Å². The zero-order chi connectivity index (χ0) is 27.6. The largest absolute Gasteiger partial charge is 0.322 e. The predicted octanol–water partition coefficient (Wildman–Crippen LogP) is 3.90. The van der Waals surface area contributed by atoms with Crippen LogP contribution >= 0.6 is 0 Å². The van der Waals surface area contributed by atoms with Gasteiger partial charge in [-0.3, -0.25) is 18.9 Å². The standard InChI is InChI=1S/C28H24N6O4S/c1-18-15-25(31-19(2)30-18)33-39(37,38)23-12-10-22(11-13-23)32-27(35)24-16-21-9-6-14-29-26(21)34(28(24)36)17-20-7-4-3-5-8-20/h3-16H,17H2,1-2H3,(H,32,35)(H,30,31,33). The van der Waals surface area contributed by atoms with E-state index in [4.69, 9.17) is 0 Å². The van der Waals surface area contributed by atoms with Crippen molar-refractivity contribution >= 4 is 38.5 Å². The van der Waals surface area contributed by atoms with Crippen LogP contribution in [0.1, 0.15) is 27.4 Å². The molecule has 0 aliphatic carbocycles. The zero-order valence-corrected chi connectivity index (χ0v) is 21.9. The smallest absolute Gasteiger partial charge is 0.265 e. The fraction of sp³-hybridized carbons (Fsp3) is 0.107. The van der Waals surface area contributed by atoms with E-state index in [1.54, 1.807) is 32.2 Å². The molecule has 10 nitrogen and oxygen atoms in total. The Morgan fingerprint density at radius 2 is 1.67 bits per heavy atom. The van der Waals surface area contributed by atoms with Crippen LogP contribution in [0, 0.1) is 13.8 Å². The fourth-order valence-corrected chi connectivity index (χ4v) is 5.16. The molecule has 0 spiro atoms. The molecule has 0 aliphatic heterocycles. The van der Waals surface area contributed by atoms with E-state index in [-0.39, 0.29) is 22.8 Å². The molecule has 0 unspecified atom stereocenters. The minimum atomic E-state index is -3.92. The van der Waals surface area contributed by atoms with E-state index in [2.05, 4.69) is 25.0 Å². The third-order valence-electron chi connectivity index (χ3n) is 5.90. The zero-order valence-electron chi connectivity index (χ0n) is 21.1. The summed E-state index contributed by atoms with van der Waals surface area (Å²) >= 11 is 0. The molecule has 39 heavy (non-hydrogen) atoms. The van der Waals surface area contributed by atoms with Gasteiger partial charge in [0, 0.05) is 29.0 Å². The highest BCUT2D eigenvalue weighted by Gasteiger charge is 2.19. The predicted molar refractivity (Wildman–Crippen MR) is 148 cm³/mol. The van der Waals surface area contributed by atoms with Crippen LogP contribution in [0.5, 0.6) is 0 Å². The molecule has 1 amide bonds. The summed E-state index contributed by atoms with van der Waals surface area (Å²) in [5, 5.41) is 3.33. The molecule has 0 atom stereocenters. The Bertz CT molecular complexity index is 1830. The van der Waals surface area contributed by atoms with Gasteiger partial charge in [-0.25, -0.2) is 23.4 Å². The topological polar surface area (TPSA) is 136 Å². The van der Waals surface area contributed by atoms with Gasteiger partial charge in [0.05, 0.1) is 11.4 Å². The summed E-state index contributed by atoms with van der Waals surface area (Å²) in [6.07, 6.45) is 1.60. The summed E-state index contributed by atoms with van der Waals surface area (Å²) < 4.78 is 29.6. The van der Waals surface area contributed by atoms with E-state index in [0.29, 0.717) is 28.2 Å². The van der Waals surface area contributed by atoms with E-state index in [1.807, 2.05) is 30.3 Å². The highest BCUT2D eigenvalue weighted by Crippen LogP contribution is 2.19. The minimum absolute atomic E-state index is 0.0172. The summed E-state index contributed by atoms with van der Waals surface area (Å²) in [4.78, 5) is 39.1. The molecule has 0 saturated carbocycles. The lowest BCUT2D eigenvalue weighted by Gasteiger charge is -2.13. The number of carbonyl (C=O) groups excluding carboxylic acids is 1. The lowest BCUT2D eigenvalue weighted by atomic mass is 10.1. The van der Waals surface area contributed by atoms with Crippen molar-refractivity contribution in [2.75, 3.05) is 10.0 Å². The first-order chi connectivity index (χ1) is 18.7. The van der Waals surface area contributed by atoms with E-state index in [0.717, 1.165) is 5.56 Å². The number of anilines is 2. The van der Waals surface area contributed by atoms with Crippen molar-refractivity contribution in [1.82, 2.24) is 19.5 Å². The van der Waals surface area contributed by atoms with Gasteiger partial charge >= 0.3 is 0 Å². The first-order valence-corrected chi connectivity index (χ1v) is 13.5. The number of aryl methyl sites for hydroxylation is 2. The van der Waals surface area contributed by atoms with Crippen molar-refractivity contribution in [3.8, 4) is 0 Å². The van der Waals surface area contributed by atoms with Gasteiger partial charge in [0.25, 0.3) is 21.5 Å². The van der Waals surface area contributed by atoms with Crippen LogP contribution in [0.4, 0.5) is 11.5 Å². The molecule has 0 fully saturated rings. The third kappa shape index (κ3) is 5.68. The van der Waals surface area contributed by atoms with Crippen LogP contribution in [0.25, 0.3) is 11.0 Å². The quantitative estimate of drug-likeness (QED) is 0.319. The number of benzene rings is 2. The Hall–Kier alpha value is -4.90. The maximum atomic E-state index is 13.4. The van der Waals surface area contributed by atoms with Gasteiger partial charge < -0.3 is 5.32 Å². The number of rotatable bonds is 7. The molecule has 3 aromatic heterocycles. The second-order valence-electron chi connectivity index (χ2n) is 8.88. The average molecular weight is 541 g/mol. The lowest BCUT2D eigenvalue weighted by Crippen LogP contribution is -2.30. The molecule has 0 radical (unpaired) electrons. The number of amides is 1. The molecular formula is C28H24N6O4S. The Kier molecular flexibility index (Phi) is 6.90. The summed E-state index contributed by atoms with van der Waals surface area (Å²) in [7, 11) is -3.92. The van der Waals surface area contributed by atoms with Crippen molar-refractivity contribution < 1.29 is 13.2 Å². The average Bonchev–Trinajstić information content (AvgIpc) is 2.90. The number of aromatic nitrogens is 4. The van der Waals surface area contributed by atoms with Crippen LogP contribution in [-0.4, -0.2) is 33.8 Å². The summed E-state index contributed by atoms with van der Waals surface area (Å²) in [5.41, 5.74) is 1.78. The minimum Gasteiger partial charge on any atom is -0.322 e. The highest BCUT2D eigenvalue weighted by molar-refractivity contribution is 7.92. The van der Waals surface area contributed by atoms with Gasteiger partial charge in [0.2, 0.25) is 0 Å². The first kappa shape index (κ1) is 25.7. The molecule has 0 saturated heterocycles. The van der Waals surface area contributed by atoms with Gasteiger partial charge in [-0.05, 0) is 61.9 Å². The van der Waals surface area contributed by atoms with Crippen LogP contribution in [0.15, 0.2) is 94.7 Å². The van der Waals surface area contributed by atoms with Gasteiger partial charge in [0.1, 0.15) is 22.9 Å². The van der Waals surface area contributed by atoms with Crippen molar-refractivity contribution in [2.24, 2.45) is 0 Å². The highest BCUT2D eigenvalue weighted by atomic mass is 32.2. The molecule has 11 heteroatoms. The lowest BCUT2D eigenvalue weighted by molar-refractivity contribution is 0.102. The van der Waals surface area contributed by atoms with E-state index < -0.39 is 21.5 Å². The van der Waals surface area contributed by atoms with Crippen molar-refractivity contribution in [1.29, 1.82) is 0 Å². The molecule has 5 aromatic rings. The summed E-state index contributed by atoms with van der Waals surface area (Å²) in [6.45, 7) is 3.66. The van der Waals surface area contributed by atoms with Crippen LogP contribution < -0.4 is 15.6 Å². The Labute approximate surface area is 224 Å². The van der Waals surface area contributed by atoms with Crippen LogP contribution in [0.2, 0.25) is 0 Å². The normalized spacial score (nSPS) is 11.3. The van der Waals surface area contributed by atoms with E-state index >= 15 is 0 Å². The third-order valence-corrected chi connectivity index (χ3v) is 7.27. The first-order valence-electron chi connectivity index (χ1n) is 12.0. The van der Waals surface area contributed by atoms with Crippen LogP contribution in [0.3, 0.4) is 0 Å². The molecule has 0 bridgehead atoms. The number of sulfonamides is 1. The molecule has 0 aliphatic rings. The van der Waals surface area contributed by atoms with Gasteiger partial charge in [-0.15, -0.1) is 0 Å². The summed E-state index contributed by atoms with van der Waals surface area (Å²) in [5.74, 6) is -0.0127. The van der Waals surface area contributed by atoms with Gasteiger partial charge in [0.15, 0.2) is 0 Å². The van der Waals surface area contributed by atoms with Gasteiger partial charge in [-0.1, -0.05) is 30.3 Å². The van der Waals surface area contributed by atoms with E-state index in [9.17, 15) is 18.0 Å². The van der Waals surface area contributed by atoms with Crippen molar-refractivity contribution in [3.05, 3.63) is 118 Å². The number of hydrogen-bond acceptors (Lipinski definition) is 7. The Morgan fingerprint density at radius 1 is 0.923 bits per heavy atom. The SMILES string of the molecule is Cc1cc(NS(=O)(=O)c2ccc(NC(=O)c3cc4cccnc4n(Cc4ccccc4)c3=O)cc2)nc(C)n1. The van der Waals surface area contributed by atoms with Crippen molar-refractivity contribution in [3.63, 3.8) is 0 Å². The maximum Gasteiger partial charge on any atom is 0.265 e. The van der Waals surface area contributed by atoms with Gasteiger partial charge in [-0.2, -0.15) is 0 Å². The molecule has 3 heterocycles. The number of carbonyl (C=O) groups is 1. The number of pyridine rings is 2. The number of fused-ring (bicyclic) bond motifs is 1. The number of nitrogens with one attached hydrogen (secondary N) is 2. The molecule has 196 valence electrons. The Morgan fingerprint density at radius 3 is 2.38 bits per heavy atom. The second kappa shape index (κ2) is 10.5. The molecule has 2 N–H and O–H groups in total. The maximum absolute atomic E-state index is 13.4. The molecule has 2 aromatic carbocycles. The molecule has 5 rings (SSSR count). The second-order valence-corrected chi connectivity index (χ2v) is 10.6. The fourth-order valence-electron chi connectivity index (χ4n) is 4.16. The monoisotopic (exact) mass is 540 g/mol. The summed E-state index contributed by atoms with van der Waals surface area (Å²) in [6, 6.07) is 21.6. The Balaban J connectivity index is 1.40. The molecular weight excluding hydrogens is 516 g/mol. The number of hydrogen-bond donors (Lipinski definition) is 2.